The lowest BCUT2D eigenvalue weighted by Gasteiger charge is -2.28. The Labute approximate surface area is 436 Å². The monoisotopic (exact) mass is 1030 g/mol. The Hall–Kier alpha value is -6.72. The maximum absolute atomic E-state index is 7.48. The predicted molar refractivity (Wildman–Crippen MR) is 309 cm³/mol. The van der Waals surface area contributed by atoms with E-state index in [1.54, 1.807) is 14.2 Å². The van der Waals surface area contributed by atoms with Crippen LogP contribution < -0.4 is 18.5 Å². The molecule has 0 aliphatic carbocycles. The van der Waals surface area contributed by atoms with Crippen molar-refractivity contribution < 1.29 is 35.3 Å². The van der Waals surface area contributed by atoms with E-state index in [0.29, 0.717) is 34.0 Å². The highest BCUT2D eigenvalue weighted by Crippen LogP contribution is 2.54. The molecule has 0 saturated carbocycles. The van der Waals surface area contributed by atoms with Gasteiger partial charge >= 0.3 is 16.5 Å². The number of ether oxygens (including phenoxy) is 2. The van der Waals surface area contributed by atoms with Gasteiger partial charge in [0.1, 0.15) is 45.3 Å². The molecule has 0 spiro atoms. The third-order valence-corrected chi connectivity index (χ3v) is 15.9. The van der Waals surface area contributed by atoms with E-state index < -0.39 is 27.3 Å². The molecule has 0 fully saturated rings. The topological polar surface area (TPSA) is 89.5 Å². The van der Waals surface area contributed by atoms with Gasteiger partial charge in [-0.25, -0.2) is 0 Å². The van der Waals surface area contributed by atoms with Crippen LogP contribution in [0.2, 0.25) is 0 Å². The van der Waals surface area contributed by atoms with Crippen molar-refractivity contribution in [2.45, 2.75) is 119 Å². The Balaban J connectivity index is 1.30. The molecule has 74 heavy (non-hydrogen) atoms. The summed E-state index contributed by atoms with van der Waals surface area (Å²) in [6.07, 6.45) is 0. The van der Waals surface area contributed by atoms with Crippen LogP contribution in [0.3, 0.4) is 0 Å². The predicted octanol–water partition coefficient (Wildman–Crippen LogP) is 20.4. The molecular weight excluding hydrogens is 959 g/mol. The number of methoxy groups -OCH3 is 2. The standard InChI is InChI=1S/C64H68O8P2/c1-37-29-45(57(49(31-37)61(3,4)5)69-73-67-53-27-25-39-21-17-19-23-43(39)55(53)47-30-38(2)32-50(59(47)71-73)62(6,7)8)46-33-41(65-15)35-51(63(9,10)11)58(46)70-74-68-54-28-26-40-22-18-20-24-44(40)56(54)48-34-42(66-16)36-52(60(48)72-74)64(12,13)14/h17-36H,1-16H3. The fourth-order valence-electron chi connectivity index (χ4n) is 10.2. The van der Waals surface area contributed by atoms with Crippen LogP contribution in [0.4, 0.5) is 0 Å². The molecule has 10 aromatic rings. The van der Waals surface area contributed by atoms with Gasteiger partial charge in [-0.05, 0) is 117 Å². The molecule has 2 heterocycles. The Bertz CT molecular complexity index is 3950. The Morgan fingerprint density at radius 1 is 0.378 bits per heavy atom. The van der Waals surface area contributed by atoms with E-state index in [4.69, 9.17) is 35.3 Å². The third kappa shape index (κ3) is 9.41. The Morgan fingerprint density at radius 3 is 1.26 bits per heavy atom. The van der Waals surface area contributed by atoms with Crippen LogP contribution in [-0.2, 0) is 21.7 Å². The minimum atomic E-state index is -2.19. The van der Waals surface area contributed by atoms with Crippen LogP contribution in [0.15, 0.2) is 138 Å². The molecular formula is C64H68O8P2. The summed E-state index contributed by atoms with van der Waals surface area (Å²) in [4.78, 5) is 0. The number of benzene rings is 8. The van der Waals surface area contributed by atoms with Crippen molar-refractivity contribution in [1.82, 2.24) is 0 Å². The first-order valence-corrected chi connectivity index (χ1v) is 27.6. The first-order valence-electron chi connectivity index (χ1n) is 25.4. The largest absolute Gasteiger partial charge is 0.497 e. The van der Waals surface area contributed by atoms with Crippen molar-refractivity contribution in [1.29, 1.82) is 0 Å². The summed E-state index contributed by atoms with van der Waals surface area (Å²) in [5.74, 6) is 2.58. The molecule has 0 amide bonds. The second-order valence-electron chi connectivity index (χ2n) is 23.8. The highest BCUT2D eigenvalue weighted by atomic mass is 31.1. The van der Waals surface area contributed by atoms with Crippen LogP contribution in [0, 0.1) is 13.8 Å². The van der Waals surface area contributed by atoms with Gasteiger partial charge in [-0.2, -0.15) is 0 Å². The van der Waals surface area contributed by atoms with Gasteiger partial charge in [-0.15, -0.1) is 0 Å². The molecule has 8 aromatic carbocycles. The zero-order chi connectivity index (χ0) is 52.8. The zero-order valence-corrected chi connectivity index (χ0v) is 47.5. The quantitative estimate of drug-likeness (QED) is 0.156. The number of hydrogen-bond donors (Lipinski definition) is 0. The maximum Gasteiger partial charge on any atom is 0.453 e. The molecule has 2 aromatic heterocycles. The lowest BCUT2D eigenvalue weighted by atomic mass is 9.81. The average molecular weight is 1030 g/mol. The van der Waals surface area contributed by atoms with Crippen molar-refractivity contribution in [2.24, 2.45) is 0 Å². The van der Waals surface area contributed by atoms with Crippen LogP contribution in [0.1, 0.15) is 116 Å². The number of hydrogen-bond acceptors (Lipinski definition) is 8. The molecule has 8 nitrogen and oxygen atoms in total. The fraction of sp³-hybridized carbons (Fsp3) is 0.312. The van der Waals surface area contributed by atoms with Crippen LogP contribution in [0.5, 0.6) is 23.0 Å². The van der Waals surface area contributed by atoms with Crippen molar-refractivity contribution in [3.05, 3.63) is 155 Å². The first-order chi connectivity index (χ1) is 34.9. The molecule has 0 saturated heterocycles. The van der Waals surface area contributed by atoms with Gasteiger partial charge < -0.3 is 35.3 Å². The third-order valence-electron chi connectivity index (χ3n) is 13.9. The minimum Gasteiger partial charge on any atom is -0.497 e. The van der Waals surface area contributed by atoms with Crippen LogP contribution in [-0.4, -0.2) is 14.2 Å². The molecule has 0 aliphatic rings. The van der Waals surface area contributed by atoms with Crippen LogP contribution in [0.25, 0.3) is 76.5 Å². The molecule has 10 rings (SSSR count). The summed E-state index contributed by atoms with van der Waals surface area (Å²) in [7, 11) is -0.933. The van der Waals surface area contributed by atoms with Gasteiger partial charge in [0.2, 0.25) is 0 Å². The van der Waals surface area contributed by atoms with Crippen molar-refractivity contribution in [3.63, 3.8) is 0 Å². The molecule has 10 heteroatoms. The smallest absolute Gasteiger partial charge is 0.453 e. The molecule has 0 N–H and O–H groups in total. The Morgan fingerprint density at radius 2 is 0.770 bits per heavy atom. The summed E-state index contributed by atoms with van der Waals surface area (Å²) < 4.78 is 55.8. The summed E-state index contributed by atoms with van der Waals surface area (Å²) >= 11 is 0. The SMILES string of the molecule is COc1cc(-c2cc(C)cc(C(C)(C)C)c2Op2oc3ccc4ccccc4c3c3cc(C)cc(C(C)(C)C)c3o2)c(Op2oc3ccc4ccccc4c3c3cc(OC)cc(C(C)(C)C)c3o2)c(C(C)(C)C)c1. The van der Waals surface area contributed by atoms with E-state index in [1.807, 2.05) is 24.3 Å². The van der Waals surface area contributed by atoms with Gasteiger partial charge in [-0.3, -0.25) is 0 Å². The zero-order valence-electron chi connectivity index (χ0n) is 45.7. The lowest BCUT2D eigenvalue weighted by molar-refractivity contribution is 0.410. The molecule has 0 radical (unpaired) electrons. The van der Waals surface area contributed by atoms with E-state index in [0.717, 1.165) is 98.9 Å². The highest BCUT2D eigenvalue weighted by molar-refractivity contribution is 7.32. The number of rotatable bonds is 7. The molecule has 0 aliphatic heterocycles. The summed E-state index contributed by atoms with van der Waals surface area (Å²) in [5, 5.41) is 8.04. The van der Waals surface area contributed by atoms with Crippen LogP contribution >= 0.6 is 16.5 Å². The molecule has 2 atom stereocenters. The lowest BCUT2D eigenvalue weighted by Crippen LogP contribution is -2.15. The second-order valence-corrected chi connectivity index (χ2v) is 25.8. The van der Waals surface area contributed by atoms with Crippen molar-refractivity contribution in [2.75, 3.05) is 14.2 Å². The number of aryl methyl sites for hydroxylation is 2. The van der Waals surface area contributed by atoms with Gasteiger partial charge in [0.05, 0.1) is 14.2 Å². The van der Waals surface area contributed by atoms with E-state index in [-0.39, 0.29) is 10.8 Å². The normalized spacial score (nSPS) is 13.1. The fourth-order valence-corrected chi connectivity index (χ4v) is 12.4. The van der Waals surface area contributed by atoms with Crippen molar-refractivity contribution in [3.8, 4) is 34.1 Å². The Kier molecular flexibility index (Phi) is 12.8. The molecule has 382 valence electrons. The minimum absolute atomic E-state index is 0.272. The first kappa shape index (κ1) is 50.8. The van der Waals surface area contributed by atoms with Gasteiger partial charge in [-0.1, -0.05) is 156 Å². The van der Waals surface area contributed by atoms with E-state index in [2.05, 4.69) is 194 Å². The molecule has 0 bridgehead atoms. The molecule has 2 unspecified atom stereocenters. The summed E-state index contributed by atoms with van der Waals surface area (Å²) in [6.45, 7) is 30.6. The van der Waals surface area contributed by atoms with Crippen molar-refractivity contribution >= 4 is 81.9 Å². The van der Waals surface area contributed by atoms with Gasteiger partial charge in [0, 0.05) is 54.9 Å². The van der Waals surface area contributed by atoms with E-state index in [1.165, 1.54) is 0 Å². The summed E-state index contributed by atoms with van der Waals surface area (Å²) in [5.41, 5.74) is 8.90. The maximum atomic E-state index is 7.48. The van der Waals surface area contributed by atoms with Gasteiger partial charge in [0.15, 0.2) is 0 Å². The van der Waals surface area contributed by atoms with E-state index in [9.17, 15) is 0 Å². The average Bonchev–Trinajstić information content (AvgIpc) is 3.61. The summed E-state index contributed by atoms with van der Waals surface area (Å²) in [6, 6.07) is 42.1. The number of fused-ring (bicyclic) bond motifs is 10. The second kappa shape index (κ2) is 18.6. The highest BCUT2D eigenvalue weighted by Gasteiger charge is 2.32. The van der Waals surface area contributed by atoms with Gasteiger partial charge in [0.25, 0.3) is 0 Å². The van der Waals surface area contributed by atoms with E-state index >= 15 is 0 Å².